The molecule has 0 aliphatic carbocycles. The molecular formula is C26H21NO3. The topological polar surface area (TPSA) is 51.5 Å². The first-order valence-corrected chi connectivity index (χ1v) is 10.1. The van der Waals surface area contributed by atoms with Crippen LogP contribution < -0.4 is 10.1 Å². The highest BCUT2D eigenvalue weighted by molar-refractivity contribution is 6.06. The maximum atomic E-state index is 12.9. The van der Waals surface area contributed by atoms with Gasteiger partial charge in [-0.05, 0) is 47.5 Å². The fourth-order valence-electron chi connectivity index (χ4n) is 3.75. The second kappa shape index (κ2) is 7.56. The molecule has 5 rings (SSSR count). The minimum Gasteiger partial charge on any atom is -0.481 e. The Hall–Kier alpha value is -3.79. The number of amides is 1. The van der Waals surface area contributed by atoms with E-state index >= 15 is 0 Å². The van der Waals surface area contributed by atoms with Crippen molar-refractivity contribution in [2.24, 2.45) is 0 Å². The third kappa shape index (κ3) is 3.37. The van der Waals surface area contributed by atoms with Crippen LogP contribution in [0.1, 0.15) is 13.3 Å². The van der Waals surface area contributed by atoms with Crippen molar-refractivity contribution in [2.75, 3.05) is 5.32 Å². The second-order valence-corrected chi connectivity index (χ2v) is 7.32. The summed E-state index contributed by atoms with van der Waals surface area (Å²) >= 11 is 0. The molecule has 0 saturated heterocycles. The fourth-order valence-corrected chi connectivity index (χ4v) is 3.75. The van der Waals surface area contributed by atoms with Crippen LogP contribution in [-0.2, 0) is 4.79 Å². The molecule has 1 N–H and O–H groups in total. The van der Waals surface area contributed by atoms with E-state index in [1.165, 1.54) is 0 Å². The second-order valence-electron chi connectivity index (χ2n) is 7.32. The SMILES string of the molecule is CC[C@@H](Oc1ccc2ccccc2c1)C(=O)Nc1ccc2c(c1)oc1ccccc12. The minimum atomic E-state index is -0.586. The van der Waals surface area contributed by atoms with Gasteiger partial charge < -0.3 is 14.5 Å². The molecule has 1 atom stereocenters. The van der Waals surface area contributed by atoms with E-state index in [2.05, 4.69) is 11.4 Å². The summed E-state index contributed by atoms with van der Waals surface area (Å²) in [5.74, 6) is 0.504. The Morgan fingerprint density at radius 1 is 0.867 bits per heavy atom. The van der Waals surface area contributed by atoms with Gasteiger partial charge in [-0.15, -0.1) is 0 Å². The molecule has 0 spiro atoms. The van der Waals surface area contributed by atoms with Gasteiger partial charge in [-0.1, -0.05) is 55.5 Å². The molecule has 1 aromatic heterocycles. The highest BCUT2D eigenvalue weighted by Gasteiger charge is 2.19. The number of para-hydroxylation sites is 1. The number of fused-ring (bicyclic) bond motifs is 4. The first-order valence-electron chi connectivity index (χ1n) is 10.1. The number of nitrogens with one attached hydrogen (secondary N) is 1. The zero-order valence-corrected chi connectivity index (χ0v) is 16.6. The third-order valence-corrected chi connectivity index (χ3v) is 5.31. The summed E-state index contributed by atoms with van der Waals surface area (Å²) in [4.78, 5) is 12.9. The third-order valence-electron chi connectivity index (χ3n) is 5.31. The largest absolute Gasteiger partial charge is 0.481 e. The molecule has 0 unspecified atom stereocenters. The van der Waals surface area contributed by atoms with Gasteiger partial charge in [-0.2, -0.15) is 0 Å². The fraction of sp³-hybridized carbons (Fsp3) is 0.115. The molecule has 4 heteroatoms. The molecule has 1 amide bonds. The number of benzene rings is 4. The molecule has 0 fully saturated rings. The van der Waals surface area contributed by atoms with Crippen molar-refractivity contribution in [2.45, 2.75) is 19.4 Å². The molecule has 4 aromatic carbocycles. The van der Waals surface area contributed by atoms with Crippen molar-refractivity contribution in [1.82, 2.24) is 0 Å². The lowest BCUT2D eigenvalue weighted by Gasteiger charge is -2.17. The zero-order valence-electron chi connectivity index (χ0n) is 16.6. The number of furan rings is 1. The number of carbonyl (C=O) groups is 1. The molecule has 0 radical (unpaired) electrons. The first kappa shape index (κ1) is 18.3. The van der Waals surface area contributed by atoms with Gasteiger partial charge in [-0.3, -0.25) is 4.79 Å². The predicted octanol–water partition coefficient (Wildman–Crippen LogP) is 6.54. The first-order chi connectivity index (χ1) is 14.7. The van der Waals surface area contributed by atoms with Crippen molar-refractivity contribution in [3.8, 4) is 5.75 Å². The number of rotatable bonds is 5. The van der Waals surface area contributed by atoms with Crippen LogP contribution in [0.5, 0.6) is 5.75 Å². The van der Waals surface area contributed by atoms with Crippen molar-refractivity contribution in [1.29, 1.82) is 0 Å². The maximum Gasteiger partial charge on any atom is 0.265 e. The summed E-state index contributed by atoms with van der Waals surface area (Å²) in [6, 6.07) is 27.6. The highest BCUT2D eigenvalue weighted by Crippen LogP contribution is 2.30. The Balaban J connectivity index is 1.36. The molecule has 5 aromatic rings. The van der Waals surface area contributed by atoms with Crippen LogP contribution in [0, 0.1) is 0 Å². The van der Waals surface area contributed by atoms with Gasteiger partial charge in [0.1, 0.15) is 16.9 Å². The lowest BCUT2D eigenvalue weighted by Crippen LogP contribution is -2.32. The van der Waals surface area contributed by atoms with E-state index in [0.29, 0.717) is 17.9 Å². The van der Waals surface area contributed by atoms with Gasteiger partial charge in [-0.25, -0.2) is 0 Å². The summed E-state index contributed by atoms with van der Waals surface area (Å²) in [5, 5.41) is 7.28. The van der Waals surface area contributed by atoms with Gasteiger partial charge in [0.2, 0.25) is 0 Å². The van der Waals surface area contributed by atoms with E-state index in [1.807, 2.05) is 85.8 Å². The Morgan fingerprint density at radius 2 is 1.63 bits per heavy atom. The van der Waals surface area contributed by atoms with Crippen molar-refractivity contribution in [3.05, 3.63) is 84.9 Å². The molecule has 30 heavy (non-hydrogen) atoms. The van der Waals surface area contributed by atoms with E-state index in [-0.39, 0.29) is 5.91 Å². The quantitative estimate of drug-likeness (QED) is 0.368. The lowest BCUT2D eigenvalue weighted by atomic mass is 10.1. The highest BCUT2D eigenvalue weighted by atomic mass is 16.5. The number of hydrogen-bond donors (Lipinski definition) is 1. The molecule has 148 valence electrons. The summed E-state index contributed by atoms with van der Waals surface area (Å²) in [7, 11) is 0. The zero-order chi connectivity index (χ0) is 20.5. The Bertz CT molecular complexity index is 1370. The Labute approximate surface area is 174 Å². The Morgan fingerprint density at radius 3 is 2.50 bits per heavy atom. The maximum absolute atomic E-state index is 12.9. The summed E-state index contributed by atoms with van der Waals surface area (Å²) in [6.07, 6.45) is -0.0246. The van der Waals surface area contributed by atoms with Crippen LogP contribution in [0.15, 0.2) is 89.3 Å². The molecular weight excluding hydrogens is 374 g/mol. The number of anilines is 1. The predicted molar refractivity (Wildman–Crippen MR) is 121 cm³/mol. The van der Waals surface area contributed by atoms with E-state index in [0.717, 1.165) is 32.7 Å². The standard InChI is InChI=1S/C26H21NO3/c1-2-23(29-20-13-11-17-7-3-4-8-18(17)15-20)26(28)27-19-12-14-22-21-9-5-6-10-24(21)30-25(22)16-19/h3-16,23H,2H2,1H3,(H,27,28)/t23-/m1/s1. The van der Waals surface area contributed by atoms with Gasteiger partial charge >= 0.3 is 0 Å². The van der Waals surface area contributed by atoms with E-state index in [4.69, 9.17) is 9.15 Å². The van der Waals surface area contributed by atoms with Crippen LogP contribution in [0.3, 0.4) is 0 Å². The number of hydrogen-bond acceptors (Lipinski definition) is 3. The summed E-state index contributed by atoms with van der Waals surface area (Å²) in [5.41, 5.74) is 2.27. The van der Waals surface area contributed by atoms with E-state index in [1.54, 1.807) is 0 Å². The van der Waals surface area contributed by atoms with Crippen molar-refractivity contribution < 1.29 is 13.9 Å². The molecule has 0 aliphatic rings. The van der Waals surface area contributed by atoms with E-state index < -0.39 is 6.10 Å². The van der Waals surface area contributed by atoms with Crippen LogP contribution in [-0.4, -0.2) is 12.0 Å². The molecule has 4 nitrogen and oxygen atoms in total. The lowest BCUT2D eigenvalue weighted by molar-refractivity contribution is -0.122. The minimum absolute atomic E-state index is 0.180. The molecule has 0 bridgehead atoms. The van der Waals surface area contributed by atoms with Crippen molar-refractivity contribution >= 4 is 44.3 Å². The summed E-state index contributed by atoms with van der Waals surface area (Å²) in [6.45, 7) is 1.94. The van der Waals surface area contributed by atoms with E-state index in [9.17, 15) is 4.79 Å². The van der Waals surface area contributed by atoms with Crippen LogP contribution >= 0.6 is 0 Å². The van der Waals surface area contributed by atoms with Crippen LogP contribution in [0.2, 0.25) is 0 Å². The molecule has 0 aliphatic heterocycles. The average Bonchev–Trinajstić information content (AvgIpc) is 3.15. The van der Waals surface area contributed by atoms with Gasteiger partial charge in [0.05, 0.1) is 0 Å². The normalized spacial score (nSPS) is 12.3. The molecule has 0 saturated carbocycles. The van der Waals surface area contributed by atoms with Crippen molar-refractivity contribution in [3.63, 3.8) is 0 Å². The van der Waals surface area contributed by atoms with Gasteiger partial charge in [0.15, 0.2) is 6.10 Å². The number of ether oxygens (including phenoxy) is 1. The van der Waals surface area contributed by atoms with Gasteiger partial charge in [0.25, 0.3) is 5.91 Å². The summed E-state index contributed by atoms with van der Waals surface area (Å²) < 4.78 is 11.9. The van der Waals surface area contributed by atoms with Crippen LogP contribution in [0.25, 0.3) is 32.7 Å². The van der Waals surface area contributed by atoms with Crippen LogP contribution in [0.4, 0.5) is 5.69 Å². The Kier molecular flexibility index (Phi) is 4.60. The smallest absolute Gasteiger partial charge is 0.265 e. The van der Waals surface area contributed by atoms with Gasteiger partial charge in [0, 0.05) is 22.5 Å². The average molecular weight is 395 g/mol. The molecule has 1 heterocycles. The monoisotopic (exact) mass is 395 g/mol. The number of carbonyl (C=O) groups excluding carboxylic acids is 1.